The van der Waals surface area contributed by atoms with E-state index in [0.29, 0.717) is 12.0 Å². The molecule has 1 aromatic heterocycles. The molecule has 0 atom stereocenters. The van der Waals surface area contributed by atoms with Crippen molar-refractivity contribution in [2.24, 2.45) is 0 Å². The van der Waals surface area contributed by atoms with Crippen molar-refractivity contribution < 1.29 is 9.59 Å². The Morgan fingerprint density at radius 2 is 2.18 bits per heavy atom. The summed E-state index contributed by atoms with van der Waals surface area (Å²) >= 11 is 1.62. The highest BCUT2D eigenvalue weighted by atomic mass is 32.1. The molecule has 0 unspecified atom stereocenters. The van der Waals surface area contributed by atoms with Gasteiger partial charge in [0.1, 0.15) is 0 Å². The standard InChI is InChI=1S/C18H17NO2S/c1-13-9-11-22-17(13)8-7-16(20)14-4-2-5-15(12-14)19-10-3-6-18(19)21/h2,4-5,7-9,11-12H,3,6,10H2,1H3/b8-7+. The largest absolute Gasteiger partial charge is 0.312 e. The van der Waals surface area contributed by atoms with Gasteiger partial charge in [-0.15, -0.1) is 11.3 Å². The summed E-state index contributed by atoms with van der Waals surface area (Å²) in [6.45, 7) is 2.76. The van der Waals surface area contributed by atoms with Crippen LogP contribution in [0.5, 0.6) is 0 Å². The van der Waals surface area contributed by atoms with E-state index in [1.807, 2.05) is 36.6 Å². The number of amides is 1. The van der Waals surface area contributed by atoms with Gasteiger partial charge in [-0.1, -0.05) is 12.1 Å². The highest BCUT2D eigenvalue weighted by molar-refractivity contribution is 7.11. The summed E-state index contributed by atoms with van der Waals surface area (Å²) in [5.74, 6) is 0.0932. The minimum Gasteiger partial charge on any atom is -0.312 e. The summed E-state index contributed by atoms with van der Waals surface area (Å²) in [5, 5.41) is 2.01. The van der Waals surface area contributed by atoms with Gasteiger partial charge in [0.05, 0.1) is 0 Å². The van der Waals surface area contributed by atoms with E-state index in [1.165, 1.54) is 5.56 Å². The number of carbonyl (C=O) groups is 2. The number of nitrogens with zero attached hydrogens (tertiary/aromatic N) is 1. The Kier molecular flexibility index (Phi) is 4.20. The minimum absolute atomic E-state index is 0.0405. The zero-order valence-corrected chi connectivity index (χ0v) is 13.2. The van der Waals surface area contributed by atoms with Gasteiger partial charge in [-0.2, -0.15) is 0 Å². The average Bonchev–Trinajstić information content (AvgIpc) is 3.13. The molecule has 3 nitrogen and oxygen atoms in total. The van der Waals surface area contributed by atoms with Gasteiger partial charge in [0.15, 0.2) is 5.78 Å². The Bertz CT molecular complexity index is 745. The number of aryl methyl sites for hydroxylation is 1. The van der Waals surface area contributed by atoms with E-state index in [2.05, 4.69) is 0 Å². The SMILES string of the molecule is Cc1ccsc1/C=C/C(=O)c1cccc(N2CCCC2=O)c1. The fraction of sp³-hybridized carbons (Fsp3) is 0.222. The number of hydrogen-bond acceptors (Lipinski definition) is 3. The molecule has 0 aliphatic carbocycles. The predicted octanol–water partition coefficient (Wildman–Crippen LogP) is 4.08. The smallest absolute Gasteiger partial charge is 0.227 e. The molecule has 1 fully saturated rings. The van der Waals surface area contributed by atoms with Crippen LogP contribution in [0.1, 0.15) is 33.6 Å². The lowest BCUT2D eigenvalue weighted by molar-refractivity contribution is -0.117. The molecule has 2 heterocycles. The summed E-state index contributed by atoms with van der Waals surface area (Å²) in [7, 11) is 0. The molecule has 1 aliphatic heterocycles. The molecule has 0 N–H and O–H groups in total. The van der Waals surface area contributed by atoms with E-state index in [-0.39, 0.29) is 11.7 Å². The molecule has 1 aliphatic rings. The lowest BCUT2D eigenvalue weighted by Crippen LogP contribution is -2.23. The molecular formula is C18H17NO2S. The fourth-order valence-corrected chi connectivity index (χ4v) is 3.37. The number of carbonyl (C=O) groups excluding carboxylic acids is 2. The van der Waals surface area contributed by atoms with Crippen LogP contribution in [0.2, 0.25) is 0 Å². The molecule has 0 spiro atoms. The van der Waals surface area contributed by atoms with Crippen LogP contribution in [0, 0.1) is 6.92 Å². The van der Waals surface area contributed by atoms with Crippen LogP contribution in [0.4, 0.5) is 5.69 Å². The lowest BCUT2D eigenvalue weighted by atomic mass is 10.1. The highest BCUT2D eigenvalue weighted by Gasteiger charge is 2.22. The van der Waals surface area contributed by atoms with Crippen molar-refractivity contribution in [3.05, 3.63) is 57.8 Å². The first-order valence-electron chi connectivity index (χ1n) is 7.32. The normalized spacial score (nSPS) is 15.0. The van der Waals surface area contributed by atoms with Crippen LogP contribution in [0.25, 0.3) is 6.08 Å². The number of anilines is 1. The van der Waals surface area contributed by atoms with E-state index >= 15 is 0 Å². The summed E-state index contributed by atoms with van der Waals surface area (Å²) in [4.78, 5) is 27.0. The third-order valence-corrected chi connectivity index (χ3v) is 4.79. The Balaban J connectivity index is 1.80. The molecular weight excluding hydrogens is 294 g/mol. The maximum Gasteiger partial charge on any atom is 0.227 e. The second kappa shape index (κ2) is 6.28. The molecule has 3 rings (SSSR count). The van der Waals surface area contributed by atoms with E-state index < -0.39 is 0 Å². The lowest BCUT2D eigenvalue weighted by Gasteiger charge is -2.16. The monoisotopic (exact) mass is 311 g/mol. The summed E-state index contributed by atoms with van der Waals surface area (Å²) in [6.07, 6.45) is 4.93. The first kappa shape index (κ1) is 14.7. The predicted molar refractivity (Wildman–Crippen MR) is 90.4 cm³/mol. The Morgan fingerprint density at radius 3 is 2.86 bits per heavy atom. The molecule has 4 heteroatoms. The van der Waals surface area contributed by atoms with Crippen molar-refractivity contribution in [2.75, 3.05) is 11.4 Å². The molecule has 0 saturated carbocycles. The second-order valence-electron chi connectivity index (χ2n) is 5.36. The van der Waals surface area contributed by atoms with Crippen LogP contribution < -0.4 is 4.90 Å². The van der Waals surface area contributed by atoms with E-state index in [1.54, 1.807) is 34.4 Å². The van der Waals surface area contributed by atoms with Gasteiger partial charge in [-0.05, 0) is 54.6 Å². The molecule has 112 valence electrons. The number of benzene rings is 1. The Hall–Kier alpha value is -2.20. The van der Waals surface area contributed by atoms with Crippen molar-refractivity contribution in [3.63, 3.8) is 0 Å². The molecule has 1 saturated heterocycles. The molecule has 0 bridgehead atoms. The van der Waals surface area contributed by atoms with Crippen molar-refractivity contribution in [1.29, 1.82) is 0 Å². The van der Waals surface area contributed by atoms with Crippen molar-refractivity contribution in [2.45, 2.75) is 19.8 Å². The van der Waals surface area contributed by atoms with Crippen LogP contribution >= 0.6 is 11.3 Å². The third-order valence-electron chi connectivity index (χ3n) is 3.80. The van der Waals surface area contributed by atoms with E-state index in [0.717, 1.165) is 23.5 Å². The first-order chi connectivity index (χ1) is 10.6. The number of ketones is 1. The van der Waals surface area contributed by atoms with Crippen LogP contribution in [-0.4, -0.2) is 18.2 Å². The average molecular weight is 311 g/mol. The van der Waals surface area contributed by atoms with E-state index in [4.69, 9.17) is 0 Å². The number of thiophene rings is 1. The summed E-state index contributed by atoms with van der Waals surface area (Å²) < 4.78 is 0. The van der Waals surface area contributed by atoms with Crippen LogP contribution in [0.15, 0.2) is 41.8 Å². The first-order valence-corrected chi connectivity index (χ1v) is 8.20. The Labute approximate surface area is 133 Å². The maximum atomic E-state index is 12.3. The zero-order chi connectivity index (χ0) is 15.5. The third kappa shape index (κ3) is 3.02. The van der Waals surface area contributed by atoms with Gasteiger partial charge in [0.25, 0.3) is 0 Å². The topological polar surface area (TPSA) is 37.4 Å². The molecule has 1 amide bonds. The van der Waals surface area contributed by atoms with Gasteiger partial charge in [0.2, 0.25) is 5.91 Å². The molecule has 2 aromatic rings. The molecule has 22 heavy (non-hydrogen) atoms. The summed E-state index contributed by atoms with van der Waals surface area (Å²) in [5.41, 5.74) is 2.60. The Morgan fingerprint density at radius 1 is 1.32 bits per heavy atom. The van der Waals surface area contributed by atoms with Gasteiger partial charge >= 0.3 is 0 Å². The van der Waals surface area contributed by atoms with Crippen molar-refractivity contribution >= 4 is 34.8 Å². The fourth-order valence-electron chi connectivity index (χ4n) is 2.55. The quantitative estimate of drug-likeness (QED) is 0.630. The van der Waals surface area contributed by atoms with Gasteiger partial charge in [-0.3, -0.25) is 9.59 Å². The highest BCUT2D eigenvalue weighted by Crippen LogP contribution is 2.23. The van der Waals surface area contributed by atoms with Gasteiger partial charge < -0.3 is 4.90 Å². The number of allylic oxidation sites excluding steroid dienone is 1. The van der Waals surface area contributed by atoms with Crippen molar-refractivity contribution in [1.82, 2.24) is 0 Å². The van der Waals surface area contributed by atoms with E-state index in [9.17, 15) is 9.59 Å². The van der Waals surface area contributed by atoms with Crippen LogP contribution in [0.3, 0.4) is 0 Å². The number of rotatable bonds is 4. The molecule has 1 aromatic carbocycles. The zero-order valence-electron chi connectivity index (χ0n) is 12.4. The van der Waals surface area contributed by atoms with Gasteiger partial charge in [0, 0.05) is 29.1 Å². The second-order valence-corrected chi connectivity index (χ2v) is 6.31. The minimum atomic E-state index is -0.0405. The molecule has 0 radical (unpaired) electrons. The van der Waals surface area contributed by atoms with Crippen LogP contribution in [-0.2, 0) is 4.79 Å². The van der Waals surface area contributed by atoms with Gasteiger partial charge in [-0.25, -0.2) is 0 Å². The number of hydrogen-bond donors (Lipinski definition) is 0. The maximum absolute atomic E-state index is 12.3. The van der Waals surface area contributed by atoms with Crippen molar-refractivity contribution in [3.8, 4) is 0 Å². The summed E-state index contributed by atoms with van der Waals surface area (Å²) in [6, 6.07) is 9.34.